The first-order chi connectivity index (χ1) is 15.0. The molecule has 0 aliphatic heterocycles. The molecule has 0 fully saturated rings. The van der Waals surface area contributed by atoms with E-state index in [1.165, 1.54) is 6.92 Å². The van der Waals surface area contributed by atoms with Crippen LogP contribution in [0.2, 0.25) is 10.0 Å². The molecule has 0 saturated carbocycles. The number of pyridine rings is 1. The van der Waals surface area contributed by atoms with Crippen LogP contribution in [-0.4, -0.2) is 15.0 Å². The summed E-state index contributed by atoms with van der Waals surface area (Å²) in [6.07, 6.45) is -5.10. The van der Waals surface area contributed by atoms with Gasteiger partial charge >= 0.3 is 6.18 Å². The van der Waals surface area contributed by atoms with Crippen molar-refractivity contribution in [2.45, 2.75) is 38.8 Å². The quantitative estimate of drug-likeness (QED) is 0.322. The van der Waals surface area contributed by atoms with E-state index in [4.69, 9.17) is 27.9 Å². The molecule has 0 N–H and O–H groups in total. The minimum Gasteiger partial charge on any atom is -0.437 e. The highest BCUT2D eigenvalue weighted by Crippen LogP contribution is 2.33. The van der Waals surface area contributed by atoms with Gasteiger partial charge in [-0.1, -0.05) is 29.3 Å². The van der Waals surface area contributed by atoms with Gasteiger partial charge in [-0.25, -0.2) is 23.7 Å². The lowest BCUT2D eigenvalue weighted by atomic mass is 10.1. The van der Waals surface area contributed by atoms with E-state index in [-0.39, 0.29) is 27.5 Å². The van der Waals surface area contributed by atoms with Crippen molar-refractivity contribution in [3.8, 4) is 11.6 Å². The molecular weight excluding hydrogens is 476 g/mol. The van der Waals surface area contributed by atoms with Crippen molar-refractivity contribution in [3.63, 3.8) is 0 Å². The van der Waals surface area contributed by atoms with Gasteiger partial charge in [0.25, 0.3) is 6.43 Å². The summed E-state index contributed by atoms with van der Waals surface area (Å²) in [5, 5.41) is 0.122. The maximum atomic E-state index is 13.0. The first-order valence-corrected chi connectivity index (χ1v) is 10.1. The highest BCUT2D eigenvalue weighted by atomic mass is 35.5. The van der Waals surface area contributed by atoms with Crippen molar-refractivity contribution in [3.05, 3.63) is 74.9 Å². The van der Waals surface area contributed by atoms with Crippen molar-refractivity contribution in [2.75, 3.05) is 0 Å². The number of aromatic nitrogens is 3. The molecule has 0 amide bonds. The van der Waals surface area contributed by atoms with Crippen LogP contribution in [0.5, 0.6) is 11.6 Å². The number of halogens is 7. The smallest absolute Gasteiger partial charge is 0.417 e. The topological polar surface area (TPSA) is 47.9 Å². The summed E-state index contributed by atoms with van der Waals surface area (Å²) >= 11 is 12.2. The van der Waals surface area contributed by atoms with Crippen molar-refractivity contribution >= 4 is 23.2 Å². The van der Waals surface area contributed by atoms with Crippen molar-refractivity contribution < 1.29 is 26.7 Å². The molecule has 0 spiro atoms. The van der Waals surface area contributed by atoms with E-state index in [2.05, 4.69) is 15.0 Å². The van der Waals surface area contributed by atoms with Gasteiger partial charge in [0.2, 0.25) is 5.88 Å². The summed E-state index contributed by atoms with van der Waals surface area (Å²) in [7, 11) is 0. The van der Waals surface area contributed by atoms with E-state index < -0.39 is 23.9 Å². The van der Waals surface area contributed by atoms with Crippen LogP contribution in [0.3, 0.4) is 0 Å². The Morgan fingerprint density at radius 3 is 2.38 bits per heavy atom. The molecule has 2 aromatic heterocycles. The predicted molar refractivity (Wildman–Crippen MR) is 110 cm³/mol. The van der Waals surface area contributed by atoms with Crippen LogP contribution in [0.25, 0.3) is 0 Å². The molecule has 0 aliphatic carbocycles. The number of alkyl halides is 5. The van der Waals surface area contributed by atoms with Crippen LogP contribution < -0.4 is 4.74 Å². The third-order valence-corrected chi connectivity index (χ3v) is 5.12. The third kappa shape index (κ3) is 6.04. The number of benzene rings is 1. The SMILES string of the molecule is Cc1nc(CCCc2ccc(Oc3ccc(C(F)(F)F)cn3)c(Cl)c2)c(Cl)c(C(F)F)n1. The van der Waals surface area contributed by atoms with Crippen LogP contribution >= 0.6 is 23.2 Å². The fourth-order valence-corrected chi connectivity index (χ4v) is 3.42. The molecule has 0 atom stereocenters. The molecule has 2 heterocycles. The largest absolute Gasteiger partial charge is 0.437 e. The zero-order chi connectivity index (χ0) is 23.5. The summed E-state index contributed by atoms with van der Waals surface area (Å²) in [4.78, 5) is 11.5. The standard InChI is InChI=1S/C21H16Cl2F5N3O/c1-11-30-15(18(23)19(31-11)20(24)25)4-2-3-12-5-7-16(14(22)9-12)32-17-8-6-13(10-29-17)21(26,27)28/h5-10,20H,2-4H2,1H3. The second-order valence-electron chi connectivity index (χ2n) is 6.82. The molecule has 11 heteroatoms. The maximum absolute atomic E-state index is 13.0. The number of ether oxygens (including phenoxy) is 1. The van der Waals surface area contributed by atoms with Crippen molar-refractivity contribution in [1.29, 1.82) is 0 Å². The zero-order valence-electron chi connectivity index (χ0n) is 16.6. The molecular formula is C21H16Cl2F5N3O. The molecule has 170 valence electrons. The molecule has 32 heavy (non-hydrogen) atoms. The molecule has 1 aromatic carbocycles. The normalized spacial score (nSPS) is 11.8. The molecule has 4 nitrogen and oxygen atoms in total. The van der Waals surface area contributed by atoms with Gasteiger partial charge in [0.1, 0.15) is 17.3 Å². The van der Waals surface area contributed by atoms with Crippen LogP contribution in [0, 0.1) is 6.92 Å². The molecule has 3 rings (SSSR count). The Morgan fingerprint density at radius 2 is 1.78 bits per heavy atom. The lowest BCUT2D eigenvalue weighted by Crippen LogP contribution is -2.05. The highest BCUT2D eigenvalue weighted by Gasteiger charge is 2.30. The van der Waals surface area contributed by atoms with E-state index in [1.54, 1.807) is 18.2 Å². The number of nitrogens with zero attached hydrogens (tertiary/aromatic N) is 3. The Kier molecular flexibility index (Phi) is 7.51. The number of hydrogen-bond acceptors (Lipinski definition) is 4. The number of hydrogen-bond donors (Lipinski definition) is 0. The van der Waals surface area contributed by atoms with Crippen LogP contribution in [0.4, 0.5) is 22.0 Å². The average Bonchev–Trinajstić information content (AvgIpc) is 2.71. The summed E-state index contributed by atoms with van der Waals surface area (Å²) < 4.78 is 69.4. The highest BCUT2D eigenvalue weighted by molar-refractivity contribution is 6.32. The first-order valence-electron chi connectivity index (χ1n) is 9.35. The summed E-state index contributed by atoms with van der Waals surface area (Å²) in [5.41, 5.74) is -0.158. The van der Waals surface area contributed by atoms with Gasteiger partial charge in [-0.3, -0.25) is 0 Å². The molecule has 0 bridgehead atoms. The first kappa shape index (κ1) is 24.1. The van der Waals surface area contributed by atoms with E-state index in [9.17, 15) is 22.0 Å². The van der Waals surface area contributed by atoms with E-state index in [1.807, 2.05) is 0 Å². The van der Waals surface area contributed by atoms with Crippen LogP contribution in [0.1, 0.15) is 41.2 Å². The Morgan fingerprint density at radius 1 is 1.03 bits per heavy atom. The Bertz CT molecular complexity index is 1090. The summed E-state index contributed by atoms with van der Waals surface area (Å²) in [5.74, 6) is 0.427. The Hall–Kier alpha value is -2.52. The minimum absolute atomic E-state index is 0.0312. The van der Waals surface area contributed by atoms with Gasteiger partial charge in [-0.05, 0) is 49.9 Å². The number of rotatable bonds is 7. The monoisotopic (exact) mass is 491 g/mol. The maximum Gasteiger partial charge on any atom is 0.417 e. The lowest BCUT2D eigenvalue weighted by molar-refractivity contribution is -0.137. The molecule has 0 unspecified atom stereocenters. The predicted octanol–water partition coefficient (Wildman–Crippen LogP) is 7.41. The molecule has 0 radical (unpaired) electrons. The van der Waals surface area contributed by atoms with Gasteiger partial charge in [-0.2, -0.15) is 13.2 Å². The van der Waals surface area contributed by atoms with Gasteiger partial charge < -0.3 is 4.74 Å². The Labute approximate surface area is 190 Å². The second kappa shape index (κ2) is 9.95. The molecule has 0 saturated heterocycles. The third-order valence-electron chi connectivity index (χ3n) is 4.42. The van der Waals surface area contributed by atoms with Crippen LogP contribution in [0.15, 0.2) is 36.5 Å². The zero-order valence-corrected chi connectivity index (χ0v) is 18.1. The lowest BCUT2D eigenvalue weighted by Gasteiger charge is -2.11. The van der Waals surface area contributed by atoms with Gasteiger partial charge in [-0.15, -0.1) is 0 Å². The Balaban J connectivity index is 1.63. The van der Waals surface area contributed by atoms with Gasteiger partial charge in [0.15, 0.2) is 0 Å². The minimum atomic E-state index is -4.49. The van der Waals surface area contributed by atoms with Crippen LogP contribution in [-0.2, 0) is 19.0 Å². The molecule has 3 aromatic rings. The second-order valence-corrected chi connectivity index (χ2v) is 7.61. The summed E-state index contributed by atoms with van der Waals surface area (Å²) in [6, 6.07) is 6.94. The summed E-state index contributed by atoms with van der Waals surface area (Å²) in [6.45, 7) is 1.52. The van der Waals surface area contributed by atoms with E-state index in [0.717, 1.165) is 17.7 Å². The fourth-order valence-electron chi connectivity index (χ4n) is 2.91. The molecule has 0 aliphatic rings. The average molecular weight is 492 g/mol. The van der Waals surface area contributed by atoms with Gasteiger partial charge in [0.05, 0.1) is 21.3 Å². The van der Waals surface area contributed by atoms with E-state index >= 15 is 0 Å². The fraction of sp³-hybridized carbons (Fsp3) is 0.286. The van der Waals surface area contributed by atoms with Crippen molar-refractivity contribution in [1.82, 2.24) is 15.0 Å². The van der Waals surface area contributed by atoms with Gasteiger partial charge in [0, 0.05) is 12.3 Å². The van der Waals surface area contributed by atoms with E-state index in [0.29, 0.717) is 31.2 Å². The number of aryl methyl sites for hydroxylation is 3. The van der Waals surface area contributed by atoms with Crippen molar-refractivity contribution in [2.24, 2.45) is 0 Å².